The summed E-state index contributed by atoms with van der Waals surface area (Å²) in [7, 11) is 1.31. The van der Waals surface area contributed by atoms with E-state index in [4.69, 9.17) is 27.9 Å². The molecule has 0 aromatic heterocycles. The number of esters is 1. The molecule has 1 atom stereocenters. The van der Waals surface area contributed by atoms with Gasteiger partial charge in [-0.25, -0.2) is 4.79 Å². The monoisotopic (exact) mass is 534 g/mol. The van der Waals surface area contributed by atoms with Crippen molar-refractivity contribution in [1.29, 1.82) is 0 Å². The quantitative estimate of drug-likeness (QED) is 0.297. The molecule has 0 aliphatic carbocycles. The molecule has 1 unspecified atom stereocenters. The van der Waals surface area contributed by atoms with Crippen molar-refractivity contribution in [2.45, 2.75) is 30.2 Å². The normalized spacial score (nSPS) is 15.1. The number of methoxy groups -OCH3 is 1. The Labute approximate surface area is 220 Å². The van der Waals surface area contributed by atoms with Gasteiger partial charge in [0.1, 0.15) is 6.04 Å². The smallest absolute Gasteiger partial charge is 0.328 e. The van der Waals surface area contributed by atoms with Crippen LogP contribution < -0.4 is 5.32 Å². The van der Waals surface area contributed by atoms with Crippen LogP contribution in [0.3, 0.4) is 0 Å². The fourth-order valence-electron chi connectivity index (χ4n) is 3.94. The van der Waals surface area contributed by atoms with E-state index in [2.05, 4.69) is 5.32 Å². The second kappa shape index (κ2) is 13.0. The predicted molar refractivity (Wildman–Crippen MR) is 141 cm³/mol. The number of nitrogens with one attached hydrogen (secondary N) is 1. The predicted octanol–water partition coefficient (Wildman–Crippen LogP) is 4.87. The van der Waals surface area contributed by atoms with E-state index in [1.807, 2.05) is 48.7 Å². The molecular weight excluding hydrogens is 507 g/mol. The summed E-state index contributed by atoms with van der Waals surface area (Å²) >= 11 is 14.1. The number of ether oxygens (including phenoxy) is 1. The molecule has 1 aliphatic heterocycles. The van der Waals surface area contributed by atoms with Crippen molar-refractivity contribution < 1.29 is 19.1 Å². The minimum absolute atomic E-state index is 0.151. The van der Waals surface area contributed by atoms with Gasteiger partial charge in [0, 0.05) is 36.4 Å². The average Bonchev–Trinajstić information content (AvgIpc) is 2.89. The molecule has 2 amide bonds. The van der Waals surface area contributed by atoms with Crippen molar-refractivity contribution in [1.82, 2.24) is 10.2 Å². The molecule has 1 heterocycles. The number of nitrogens with zero attached hydrogens (tertiary/aromatic N) is 1. The van der Waals surface area contributed by atoms with Crippen LogP contribution in [0.25, 0.3) is 6.08 Å². The van der Waals surface area contributed by atoms with E-state index >= 15 is 0 Å². The van der Waals surface area contributed by atoms with Gasteiger partial charge in [-0.2, -0.15) is 0 Å². The Balaban J connectivity index is 1.55. The van der Waals surface area contributed by atoms with Gasteiger partial charge in [-0.15, -0.1) is 11.8 Å². The van der Waals surface area contributed by atoms with Gasteiger partial charge < -0.3 is 15.0 Å². The first-order chi connectivity index (χ1) is 16.8. The minimum Gasteiger partial charge on any atom is -0.467 e. The first kappa shape index (κ1) is 27.1. The summed E-state index contributed by atoms with van der Waals surface area (Å²) in [5.41, 5.74) is 1.60. The van der Waals surface area contributed by atoms with E-state index in [1.54, 1.807) is 11.0 Å². The molecule has 6 nitrogen and oxygen atoms in total. The Hall–Kier alpha value is -2.48. The summed E-state index contributed by atoms with van der Waals surface area (Å²) in [6.45, 7) is 0.894. The Morgan fingerprint density at radius 3 is 2.43 bits per heavy atom. The zero-order valence-corrected chi connectivity index (χ0v) is 22.0. The molecule has 2 aromatic rings. The average molecular weight is 535 g/mol. The fourth-order valence-corrected chi connectivity index (χ4v) is 5.11. The number of benzene rings is 2. The van der Waals surface area contributed by atoms with Crippen molar-refractivity contribution >= 4 is 58.8 Å². The highest BCUT2D eigenvalue weighted by Gasteiger charge is 2.30. The van der Waals surface area contributed by atoms with Crippen LogP contribution in [0.1, 0.15) is 24.0 Å². The first-order valence-electron chi connectivity index (χ1n) is 11.2. The van der Waals surface area contributed by atoms with Crippen LogP contribution >= 0.6 is 35.0 Å². The highest BCUT2D eigenvalue weighted by atomic mass is 35.5. The van der Waals surface area contributed by atoms with Gasteiger partial charge in [0.15, 0.2) is 0 Å². The van der Waals surface area contributed by atoms with Gasteiger partial charge in [-0.3, -0.25) is 9.59 Å². The van der Waals surface area contributed by atoms with Gasteiger partial charge in [0.2, 0.25) is 11.8 Å². The van der Waals surface area contributed by atoms with Crippen molar-refractivity contribution in [3.8, 4) is 0 Å². The topological polar surface area (TPSA) is 75.7 Å². The van der Waals surface area contributed by atoms with Crippen molar-refractivity contribution in [3.63, 3.8) is 0 Å². The van der Waals surface area contributed by atoms with Crippen LogP contribution in [0.4, 0.5) is 0 Å². The molecule has 1 N–H and O–H groups in total. The summed E-state index contributed by atoms with van der Waals surface area (Å²) in [5, 5.41) is 3.72. The highest BCUT2D eigenvalue weighted by Crippen LogP contribution is 2.35. The maximum Gasteiger partial charge on any atom is 0.328 e. The molecule has 186 valence electrons. The largest absolute Gasteiger partial charge is 0.467 e. The van der Waals surface area contributed by atoms with Gasteiger partial charge in [-0.05, 0) is 42.4 Å². The molecule has 0 spiro atoms. The van der Waals surface area contributed by atoms with Gasteiger partial charge >= 0.3 is 5.97 Å². The third-order valence-corrected chi connectivity index (χ3v) is 7.75. The molecule has 0 saturated carbocycles. The highest BCUT2D eigenvalue weighted by molar-refractivity contribution is 7.98. The number of hydrogen-bond acceptors (Lipinski definition) is 5. The van der Waals surface area contributed by atoms with Crippen LogP contribution in [0.15, 0.2) is 53.4 Å². The van der Waals surface area contributed by atoms with Gasteiger partial charge in [0.25, 0.3) is 0 Å². The number of amides is 2. The third kappa shape index (κ3) is 7.26. The lowest BCUT2D eigenvalue weighted by Crippen LogP contribution is -2.48. The zero-order chi connectivity index (χ0) is 25.4. The summed E-state index contributed by atoms with van der Waals surface area (Å²) in [4.78, 5) is 40.3. The first-order valence-corrected chi connectivity index (χ1v) is 13.2. The maximum atomic E-state index is 12.9. The molecule has 0 bridgehead atoms. The molecule has 1 fully saturated rings. The second-order valence-electron chi connectivity index (χ2n) is 8.19. The zero-order valence-electron chi connectivity index (χ0n) is 19.6. The summed E-state index contributed by atoms with van der Waals surface area (Å²) in [6, 6.07) is 12.4. The molecule has 3 rings (SSSR count). The van der Waals surface area contributed by atoms with E-state index in [-0.39, 0.29) is 17.7 Å². The molecule has 2 aromatic carbocycles. The summed E-state index contributed by atoms with van der Waals surface area (Å²) in [6.07, 6.45) is 6.43. The molecular formula is C26H28Cl2N2O4S. The molecule has 1 saturated heterocycles. The number of thioether (sulfide) groups is 1. The maximum absolute atomic E-state index is 12.9. The number of rotatable bonds is 8. The second-order valence-corrected chi connectivity index (χ2v) is 9.80. The van der Waals surface area contributed by atoms with E-state index < -0.39 is 12.0 Å². The number of piperidine rings is 1. The van der Waals surface area contributed by atoms with E-state index in [0.717, 1.165) is 10.5 Å². The van der Waals surface area contributed by atoms with Crippen molar-refractivity contribution in [2.24, 2.45) is 5.92 Å². The Morgan fingerprint density at radius 1 is 1.11 bits per heavy atom. The number of halogens is 2. The molecule has 1 aliphatic rings. The summed E-state index contributed by atoms with van der Waals surface area (Å²) < 4.78 is 4.88. The van der Waals surface area contributed by atoms with Crippen LogP contribution in [-0.2, 0) is 25.5 Å². The van der Waals surface area contributed by atoms with E-state index in [9.17, 15) is 14.4 Å². The molecule has 9 heteroatoms. The lowest BCUT2D eigenvalue weighted by Gasteiger charge is -2.31. The Morgan fingerprint density at radius 2 is 1.80 bits per heavy atom. The SMILES string of the molecule is COC(=O)C(Cc1ccccc1)NC(=O)C1CCN(C(=O)C=Cc2ccc(SC)c(Cl)c2Cl)CC1. The number of carbonyl (C=O) groups excluding carboxylic acids is 3. The van der Waals surface area contributed by atoms with Crippen LogP contribution in [-0.4, -0.2) is 55.2 Å². The van der Waals surface area contributed by atoms with E-state index in [1.165, 1.54) is 24.9 Å². The van der Waals surface area contributed by atoms with E-state index in [0.29, 0.717) is 48.0 Å². The number of likely N-dealkylation sites (tertiary alicyclic amines) is 1. The summed E-state index contributed by atoms with van der Waals surface area (Å²) in [5.74, 6) is -1.11. The Kier molecular flexibility index (Phi) is 10.1. The van der Waals surface area contributed by atoms with Crippen LogP contribution in [0.2, 0.25) is 10.0 Å². The number of hydrogen-bond donors (Lipinski definition) is 1. The number of carbonyl (C=O) groups is 3. The van der Waals surface area contributed by atoms with Crippen LogP contribution in [0, 0.1) is 5.92 Å². The van der Waals surface area contributed by atoms with Crippen molar-refractivity contribution in [2.75, 3.05) is 26.5 Å². The van der Waals surface area contributed by atoms with Gasteiger partial charge in [-0.1, -0.05) is 59.6 Å². The standard InChI is InChI=1S/C26H28Cl2N2O4S/c1-34-26(33)20(16-17-6-4-3-5-7-17)29-25(32)19-12-14-30(15-13-19)22(31)11-9-18-8-10-21(35-2)24(28)23(18)27/h3-11,19-20H,12-16H2,1-2H3,(H,29,32). The Bertz CT molecular complexity index is 1090. The molecule has 35 heavy (non-hydrogen) atoms. The third-order valence-electron chi connectivity index (χ3n) is 5.96. The lowest BCUT2D eigenvalue weighted by atomic mass is 9.95. The minimum atomic E-state index is -0.758. The van der Waals surface area contributed by atoms with Gasteiger partial charge in [0.05, 0.1) is 17.2 Å². The lowest BCUT2D eigenvalue weighted by molar-refractivity contribution is -0.145. The molecule has 0 radical (unpaired) electrons. The van der Waals surface area contributed by atoms with Crippen molar-refractivity contribution in [3.05, 3.63) is 69.7 Å². The fraction of sp³-hybridized carbons (Fsp3) is 0.346. The van der Waals surface area contributed by atoms with Crippen LogP contribution in [0.5, 0.6) is 0 Å².